The van der Waals surface area contributed by atoms with Crippen molar-refractivity contribution in [2.45, 2.75) is 43.1 Å². The van der Waals surface area contributed by atoms with Crippen LogP contribution in [0.2, 0.25) is 0 Å². The highest BCUT2D eigenvalue weighted by Crippen LogP contribution is 2.52. The van der Waals surface area contributed by atoms with Crippen molar-refractivity contribution in [3.8, 4) is 5.75 Å². The van der Waals surface area contributed by atoms with Crippen molar-refractivity contribution in [1.29, 1.82) is 0 Å². The van der Waals surface area contributed by atoms with Gasteiger partial charge in [-0.3, -0.25) is 0 Å². The van der Waals surface area contributed by atoms with Crippen molar-refractivity contribution in [2.75, 3.05) is 19.6 Å². The molecule has 5 heteroatoms. The summed E-state index contributed by atoms with van der Waals surface area (Å²) >= 11 is 0. The van der Waals surface area contributed by atoms with Crippen LogP contribution in [-0.2, 0) is 18.3 Å². The molecule has 6 rings (SSSR count). The Morgan fingerprint density at radius 1 is 1.13 bits per heavy atom. The molecule has 156 valence electrons. The third kappa shape index (κ3) is 2.72. The molecule has 30 heavy (non-hydrogen) atoms. The Hall–Kier alpha value is -2.37. The zero-order chi connectivity index (χ0) is 20.5. The van der Waals surface area contributed by atoms with Gasteiger partial charge in [-0.05, 0) is 73.2 Å². The molecule has 2 atom stereocenters. The fraction of sp³-hybridized carbons (Fsp3) is 0.440. The summed E-state index contributed by atoms with van der Waals surface area (Å²) in [5, 5.41) is 23.3. The van der Waals surface area contributed by atoms with Crippen LogP contribution in [0.3, 0.4) is 0 Å². The monoisotopic (exact) mass is 406 g/mol. The van der Waals surface area contributed by atoms with E-state index in [9.17, 15) is 14.6 Å². The quantitative estimate of drug-likeness (QED) is 0.618. The van der Waals surface area contributed by atoms with Gasteiger partial charge in [0.2, 0.25) is 0 Å². The van der Waals surface area contributed by atoms with Crippen molar-refractivity contribution in [2.24, 2.45) is 5.92 Å². The molecule has 0 amide bonds. The highest BCUT2D eigenvalue weighted by atomic mass is 19.1. The van der Waals surface area contributed by atoms with E-state index in [1.54, 1.807) is 18.2 Å². The van der Waals surface area contributed by atoms with Crippen molar-refractivity contribution in [3.05, 3.63) is 65.1 Å². The van der Waals surface area contributed by atoms with E-state index in [2.05, 4.69) is 9.88 Å². The maximum Gasteiger partial charge on any atom is 0.123 e. The lowest BCUT2D eigenvalue weighted by molar-refractivity contribution is -0.103. The van der Waals surface area contributed by atoms with Gasteiger partial charge in [-0.15, -0.1) is 0 Å². The Kier molecular flexibility index (Phi) is 3.87. The van der Waals surface area contributed by atoms with Gasteiger partial charge in [-0.25, -0.2) is 4.39 Å². The van der Waals surface area contributed by atoms with Crippen LogP contribution in [-0.4, -0.2) is 45.3 Å². The zero-order valence-corrected chi connectivity index (χ0v) is 17.0. The topological polar surface area (TPSA) is 59.5 Å². The molecule has 2 fully saturated rings. The standard InChI is InChI=1S/C25H27FN2O2/c26-18-6-7-22-20(11-18)21-12-25(30)15-28(14-16-4-5-16)9-8-24(25,13-23(21)27-22)17-2-1-3-19(29)10-17/h1-3,6-7,10-11,16,27,29-30H,4-5,8-9,12-15H2. The summed E-state index contributed by atoms with van der Waals surface area (Å²) in [4.78, 5) is 5.92. The number of rotatable bonds is 3. The van der Waals surface area contributed by atoms with Crippen molar-refractivity contribution in [1.82, 2.24) is 9.88 Å². The van der Waals surface area contributed by atoms with E-state index >= 15 is 0 Å². The van der Waals surface area contributed by atoms with Gasteiger partial charge in [-0.1, -0.05) is 12.1 Å². The number of aromatic nitrogens is 1. The maximum atomic E-state index is 14.0. The molecule has 2 heterocycles. The smallest absolute Gasteiger partial charge is 0.123 e. The number of piperidine rings is 1. The first-order valence-electron chi connectivity index (χ1n) is 11.0. The van der Waals surface area contributed by atoms with Crippen LogP contribution in [0.5, 0.6) is 5.75 Å². The van der Waals surface area contributed by atoms with Gasteiger partial charge in [0.15, 0.2) is 0 Å². The molecule has 1 saturated carbocycles. The minimum Gasteiger partial charge on any atom is -0.508 e. The number of hydrogen-bond acceptors (Lipinski definition) is 3. The van der Waals surface area contributed by atoms with Crippen molar-refractivity contribution in [3.63, 3.8) is 0 Å². The lowest BCUT2D eigenvalue weighted by Gasteiger charge is -2.56. The second-order valence-corrected chi connectivity index (χ2v) is 9.72. The molecule has 1 aliphatic heterocycles. The molecule has 4 nitrogen and oxygen atoms in total. The van der Waals surface area contributed by atoms with Crippen LogP contribution in [0, 0.1) is 11.7 Å². The molecule has 1 saturated heterocycles. The number of hydrogen-bond donors (Lipinski definition) is 3. The normalized spacial score (nSPS) is 29.0. The molecule has 2 aliphatic carbocycles. The molecule has 2 aromatic carbocycles. The van der Waals surface area contributed by atoms with Crippen molar-refractivity contribution < 1.29 is 14.6 Å². The van der Waals surface area contributed by atoms with Crippen LogP contribution >= 0.6 is 0 Å². The minimum absolute atomic E-state index is 0.231. The average molecular weight is 407 g/mol. The Labute approximate surface area is 175 Å². The molecule has 3 N–H and O–H groups in total. The Morgan fingerprint density at radius 3 is 2.80 bits per heavy atom. The summed E-state index contributed by atoms with van der Waals surface area (Å²) in [6.07, 6.45) is 4.57. The summed E-state index contributed by atoms with van der Waals surface area (Å²) < 4.78 is 14.0. The number of H-pyrrole nitrogens is 1. The highest BCUT2D eigenvalue weighted by Gasteiger charge is 2.57. The minimum atomic E-state index is -0.970. The summed E-state index contributed by atoms with van der Waals surface area (Å²) in [6, 6.07) is 12.3. The zero-order valence-electron chi connectivity index (χ0n) is 17.0. The van der Waals surface area contributed by atoms with E-state index in [0.717, 1.165) is 53.2 Å². The lowest BCUT2D eigenvalue weighted by atomic mass is 9.56. The SMILES string of the molecule is Oc1cccc(C23CCN(CC4CC4)CC2(O)Cc2c([nH]c4ccc(F)cc24)C3)c1. The maximum absolute atomic E-state index is 14.0. The van der Waals surface area contributed by atoms with E-state index in [1.165, 1.54) is 18.9 Å². The van der Waals surface area contributed by atoms with E-state index in [1.807, 2.05) is 18.2 Å². The summed E-state index contributed by atoms with van der Waals surface area (Å²) in [7, 11) is 0. The summed E-state index contributed by atoms with van der Waals surface area (Å²) in [5.41, 5.74) is 2.59. The number of aromatic amines is 1. The van der Waals surface area contributed by atoms with Crippen LogP contribution in [0.25, 0.3) is 10.9 Å². The fourth-order valence-corrected chi connectivity index (χ4v) is 6.02. The first-order valence-corrected chi connectivity index (χ1v) is 11.0. The third-order valence-corrected chi connectivity index (χ3v) is 7.75. The van der Waals surface area contributed by atoms with E-state index in [-0.39, 0.29) is 11.6 Å². The van der Waals surface area contributed by atoms with Gasteiger partial charge in [0.25, 0.3) is 0 Å². The first kappa shape index (κ1) is 18.4. The van der Waals surface area contributed by atoms with Gasteiger partial charge in [0.05, 0.1) is 5.60 Å². The van der Waals surface area contributed by atoms with E-state index in [0.29, 0.717) is 19.4 Å². The number of benzene rings is 2. The average Bonchev–Trinajstić information content (AvgIpc) is 3.47. The molecule has 0 radical (unpaired) electrons. The number of nitrogens with zero attached hydrogens (tertiary/aromatic N) is 1. The number of likely N-dealkylation sites (tertiary alicyclic amines) is 1. The van der Waals surface area contributed by atoms with E-state index in [4.69, 9.17) is 0 Å². The molecular formula is C25H27FN2O2. The second kappa shape index (κ2) is 6.32. The number of aliphatic hydroxyl groups is 1. The number of phenolic OH excluding ortho intramolecular Hbond substituents is 1. The molecule has 2 unspecified atom stereocenters. The Bertz CT molecular complexity index is 1140. The fourth-order valence-electron chi connectivity index (χ4n) is 6.02. The largest absolute Gasteiger partial charge is 0.508 e. The highest BCUT2D eigenvalue weighted by molar-refractivity contribution is 5.85. The number of halogens is 1. The summed E-state index contributed by atoms with van der Waals surface area (Å²) in [6.45, 7) is 2.60. The Morgan fingerprint density at radius 2 is 2.00 bits per heavy atom. The molecule has 1 aromatic heterocycles. The predicted molar refractivity (Wildman–Crippen MR) is 114 cm³/mol. The molecular weight excluding hydrogens is 379 g/mol. The van der Waals surface area contributed by atoms with Gasteiger partial charge in [-0.2, -0.15) is 0 Å². The van der Waals surface area contributed by atoms with Crippen LogP contribution in [0.4, 0.5) is 4.39 Å². The van der Waals surface area contributed by atoms with Gasteiger partial charge < -0.3 is 20.1 Å². The van der Waals surface area contributed by atoms with Crippen molar-refractivity contribution >= 4 is 10.9 Å². The number of fused-ring (bicyclic) bond motifs is 4. The lowest BCUT2D eigenvalue weighted by Crippen LogP contribution is -2.66. The Balaban J connectivity index is 1.50. The molecule has 3 aliphatic rings. The molecule has 3 aromatic rings. The second-order valence-electron chi connectivity index (χ2n) is 9.72. The van der Waals surface area contributed by atoms with Gasteiger partial charge in [0.1, 0.15) is 11.6 Å². The number of aromatic hydroxyl groups is 1. The number of nitrogens with one attached hydrogen (secondary N) is 1. The van der Waals surface area contributed by atoms with Crippen LogP contribution < -0.4 is 0 Å². The third-order valence-electron chi connectivity index (χ3n) is 7.75. The van der Waals surface area contributed by atoms with Crippen LogP contribution in [0.15, 0.2) is 42.5 Å². The van der Waals surface area contributed by atoms with E-state index < -0.39 is 11.0 Å². The number of phenols is 1. The van der Waals surface area contributed by atoms with Gasteiger partial charge >= 0.3 is 0 Å². The molecule has 0 bridgehead atoms. The summed E-state index contributed by atoms with van der Waals surface area (Å²) in [5.74, 6) is 0.748. The predicted octanol–water partition coefficient (Wildman–Crippen LogP) is 3.90. The number of β-amino-alcohol motifs (C(OH)–C–C–N with tert-alkyl or cyclic N) is 1. The molecule has 0 spiro atoms. The first-order chi connectivity index (χ1) is 14.5. The van der Waals surface area contributed by atoms with Crippen LogP contribution in [0.1, 0.15) is 36.1 Å². The van der Waals surface area contributed by atoms with Gasteiger partial charge in [0, 0.05) is 47.9 Å².